The molecule has 4 heteroatoms. The van der Waals surface area contributed by atoms with E-state index in [-0.39, 0.29) is 0 Å². The molecule has 0 unspecified atom stereocenters. The van der Waals surface area contributed by atoms with Gasteiger partial charge in [0.05, 0.1) is 16.7 Å². The molecule has 0 bridgehead atoms. The van der Waals surface area contributed by atoms with Gasteiger partial charge in [-0.25, -0.2) is 4.98 Å². The van der Waals surface area contributed by atoms with Crippen molar-refractivity contribution < 1.29 is 0 Å². The highest BCUT2D eigenvalue weighted by Gasteiger charge is 2.26. The van der Waals surface area contributed by atoms with Gasteiger partial charge >= 0.3 is 0 Å². The van der Waals surface area contributed by atoms with Crippen molar-refractivity contribution in [1.29, 1.82) is 0 Å². The summed E-state index contributed by atoms with van der Waals surface area (Å²) < 4.78 is 0. The number of hydrogen-bond donors (Lipinski definition) is 0. The lowest BCUT2D eigenvalue weighted by atomic mass is 9.96. The molecule has 0 N–H and O–H groups in total. The molecule has 1 aliphatic heterocycles. The molecule has 4 rings (SSSR count). The van der Waals surface area contributed by atoms with Crippen LogP contribution in [0.25, 0.3) is 0 Å². The van der Waals surface area contributed by atoms with Crippen LogP contribution < -0.4 is 0 Å². The van der Waals surface area contributed by atoms with Gasteiger partial charge in [-0.2, -0.15) is 0 Å². The molecule has 0 radical (unpaired) electrons. The van der Waals surface area contributed by atoms with Crippen LogP contribution in [-0.4, -0.2) is 41.0 Å². The van der Waals surface area contributed by atoms with Crippen LogP contribution in [0.3, 0.4) is 0 Å². The number of thiazole rings is 1. The van der Waals surface area contributed by atoms with Crippen molar-refractivity contribution in [2.75, 3.05) is 26.2 Å². The van der Waals surface area contributed by atoms with Crippen LogP contribution in [0, 0.1) is 6.92 Å². The van der Waals surface area contributed by atoms with Gasteiger partial charge in [0.1, 0.15) is 0 Å². The zero-order valence-electron chi connectivity index (χ0n) is 15.2. The van der Waals surface area contributed by atoms with Crippen LogP contribution in [0.4, 0.5) is 0 Å². The summed E-state index contributed by atoms with van der Waals surface area (Å²) in [6.45, 7) is 7.39. The van der Waals surface area contributed by atoms with E-state index in [2.05, 4.69) is 87.8 Å². The van der Waals surface area contributed by atoms with Gasteiger partial charge in [0.15, 0.2) is 0 Å². The molecular formula is C22H25N3S. The molecule has 0 amide bonds. The Bertz CT molecular complexity index is 768. The Labute approximate surface area is 159 Å². The maximum Gasteiger partial charge on any atom is 0.0897 e. The number of aryl methyl sites for hydroxylation is 1. The highest BCUT2D eigenvalue weighted by Crippen LogP contribution is 2.29. The standard InChI is InChI=1S/C22H25N3S/c1-18-23-21(17-26-18)16-24-12-14-25(15-13-24)22(19-8-4-2-5-9-19)20-10-6-3-7-11-20/h2-11,17,22H,12-16H2,1H3. The van der Waals surface area contributed by atoms with Crippen molar-refractivity contribution in [1.82, 2.24) is 14.8 Å². The van der Waals surface area contributed by atoms with E-state index in [1.807, 2.05) is 0 Å². The van der Waals surface area contributed by atoms with Crippen molar-refractivity contribution in [3.8, 4) is 0 Å². The fraction of sp³-hybridized carbons (Fsp3) is 0.318. The molecule has 1 aliphatic rings. The smallest absolute Gasteiger partial charge is 0.0897 e. The third-order valence-electron chi connectivity index (χ3n) is 5.05. The molecule has 134 valence electrons. The molecule has 26 heavy (non-hydrogen) atoms. The average Bonchev–Trinajstić information content (AvgIpc) is 3.10. The molecule has 0 spiro atoms. The lowest BCUT2D eigenvalue weighted by molar-refractivity contribution is 0.104. The summed E-state index contributed by atoms with van der Waals surface area (Å²) in [7, 11) is 0. The van der Waals surface area contributed by atoms with Gasteiger partial charge in [0.2, 0.25) is 0 Å². The number of hydrogen-bond acceptors (Lipinski definition) is 4. The third kappa shape index (κ3) is 4.04. The molecule has 1 aromatic heterocycles. The number of piperazine rings is 1. The zero-order chi connectivity index (χ0) is 17.8. The summed E-state index contributed by atoms with van der Waals surface area (Å²) in [6.07, 6.45) is 0. The highest BCUT2D eigenvalue weighted by molar-refractivity contribution is 7.09. The van der Waals surface area contributed by atoms with Crippen LogP contribution in [0.5, 0.6) is 0 Å². The van der Waals surface area contributed by atoms with E-state index in [1.165, 1.54) is 16.8 Å². The Kier molecular flexibility index (Phi) is 5.44. The van der Waals surface area contributed by atoms with Crippen LogP contribution in [0.1, 0.15) is 27.9 Å². The summed E-state index contributed by atoms with van der Waals surface area (Å²) in [6, 6.07) is 22.1. The second kappa shape index (κ2) is 8.12. The largest absolute Gasteiger partial charge is 0.295 e. The van der Waals surface area contributed by atoms with Crippen molar-refractivity contribution in [2.24, 2.45) is 0 Å². The van der Waals surface area contributed by atoms with E-state index in [9.17, 15) is 0 Å². The average molecular weight is 364 g/mol. The molecular weight excluding hydrogens is 338 g/mol. The minimum atomic E-state index is 0.334. The van der Waals surface area contributed by atoms with Crippen molar-refractivity contribution in [3.05, 3.63) is 87.9 Å². The maximum atomic E-state index is 4.62. The van der Waals surface area contributed by atoms with Gasteiger partial charge in [-0.15, -0.1) is 11.3 Å². The predicted octanol–water partition coefficient (Wildman–Crippen LogP) is 4.36. The summed E-state index contributed by atoms with van der Waals surface area (Å²) in [5.74, 6) is 0. The van der Waals surface area contributed by atoms with Crippen LogP contribution in [0.2, 0.25) is 0 Å². The van der Waals surface area contributed by atoms with E-state index in [0.717, 1.165) is 37.7 Å². The molecule has 2 heterocycles. The lowest BCUT2D eigenvalue weighted by Gasteiger charge is -2.39. The summed E-state index contributed by atoms with van der Waals surface area (Å²) in [4.78, 5) is 9.76. The second-order valence-corrected chi connectivity index (χ2v) is 7.96. The van der Waals surface area contributed by atoms with E-state index in [1.54, 1.807) is 11.3 Å². The molecule has 2 aromatic carbocycles. The Morgan fingerprint density at radius 3 is 1.96 bits per heavy atom. The Hall–Kier alpha value is -2.01. The van der Waals surface area contributed by atoms with E-state index >= 15 is 0 Å². The molecule has 3 aromatic rings. The van der Waals surface area contributed by atoms with E-state index < -0.39 is 0 Å². The molecule has 0 aliphatic carbocycles. The Balaban J connectivity index is 1.48. The summed E-state index contributed by atoms with van der Waals surface area (Å²) in [5, 5.41) is 3.35. The second-order valence-electron chi connectivity index (χ2n) is 6.89. The minimum Gasteiger partial charge on any atom is -0.295 e. The monoisotopic (exact) mass is 363 g/mol. The molecule has 0 atom stereocenters. The lowest BCUT2D eigenvalue weighted by Crippen LogP contribution is -2.47. The van der Waals surface area contributed by atoms with E-state index in [0.29, 0.717) is 6.04 Å². The van der Waals surface area contributed by atoms with Gasteiger partial charge in [0, 0.05) is 38.1 Å². The molecule has 1 saturated heterocycles. The normalized spacial score (nSPS) is 16.2. The van der Waals surface area contributed by atoms with Crippen LogP contribution >= 0.6 is 11.3 Å². The summed E-state index contributed by atoms with van der Waals surface area (Å²) >= 11 is 1.74. The summed E-state index contributed by atoms with van der Waals surface area (Å²) in [5.41, 5.74) is 3.97. The fourth-order valence-corrected chi connectivity index (χ4v) is 4.38. The number of rotatable bonds is 5. The van der Waals surface area contributed by atoms with Crippen molar-refractivity contribution in [2.45, 2.75) is 19.5 Å². The van der Waals surface area contributed by atoms with Crippen LogP contribution in [0.15, 0.2) is 66.0 Å². The SMILES string of the molecule is Cc1nc(CN2CCN(C(c3ccccc3)c3ccccc3)CC2)cs1. The van der Waals surface area contributed by atoms with Crippen LogP contribution in [-0.2, 0) is 6.54 Å². The predicted molar refractivity (Wildman–Crippen MR) is 108 cm³/mol. The Morgan fingerprint density at radius 2 is 1.46 bits per heavy atom. The highest BCUT2D eigenvalue weighted by atomic mass is 32.1. The van der Waals surface area contributed by atoms with Gasteiger partial charge in [0.25, 0.3) is 0 Å². The number of nitrogens with zero attached hydrogens (tertiary/aromatic N) is 3. The first kappa shape index (κ1) is 17.4. The first-order valence-electron chi connectivity index (χ1n) is 9.27. The van der Waals surface area contributed by atoms with Gasteiger partial charge in [-0.3, -0.25) is 9.80 Å². The topological polar surface area (TPSA) is 19.4 Å². The van der Waals surface area contributed by atoms with Gasteiger partial charge in [-0.05, 0) is 18.1 Å². The first-order chi connectivity index (χ1) is 12.8. The van der Waals surface area contributed by atoms with Gasteiger partial charge in [-0.1, -0.05) is 60.7 Å². The molecule has 0 saturated carbocycles. The minimum absolute atomic E-state index is 0.334. The third-order valence-corrected chi connectivity index (χ3v) is 5.88. The van der Waals surface area contributed by atoms with Gasteiger partial charge < -0.3 is 0 Å². The maximum absolute atomic E-state index is 4.62. The number of benzene rings is 2. The molecule has 1 fully saturated rings. The number of aromatic nitrogens is 1. The van der Waals surface area contributed by atoms with E-state index in [4.69, 9.17) is 0 Å². The fourth-order valence-electron chi connectivity index (χ4n) is 3.77. The van der Waals surface area contributed by atoms with Crippen molar-refractivity contribution in [3.63, 3.8) is 0 Å². The van der Waals surface area contributed by atoms with Crippen molar-refractivity contribution >= 4 is 11.3 Å². The zero-order valence-corrected chi connectivity index (χ0v) is 16.0. The quantitative estimate of drug-likeness (QED) is 0.671. The molecule has 3 nitrogen and oxygen atoms in total. The Morgan fingerprint density at radius 1 is 0.885 bits per heavy atom. The first-order valence-corrected chi connectivity index (χ1v) is 10.1.